The summed E-state index contributed by atoms with van der Waals surface area (Å²) in [5.41, 5.74) is 0. The number of thiol groups is 1. The molecule has 0 aliphatic heterocycles. The maximum Gasteiger partial charge on any atom is 0.133 e. The summed E-state index contributed by atoms with van der Waals surface area (Å²) in [6.07, 6.45) is 2.70. The fourth-order valence-electron chi connectivity index (χ4n) is 1.29. The summed E-state index contributed by atoms with van der Waals surface area (Å²) >= 11 is 4.13. The predicted octanol–water partition coefficient (Wildman–Crippen LogP) is 1.66. The third-order valence-electron chi connectivity index (χ3n) is 2.02. The highest BCUT2D eigenvalue weighted by Crippen LogP contribution is 2.12. The molecule has 0 aromatic carbocycles. The van der Waals surface area contributed by atoms with Crippen molar-refractivity contribution in [3.05, 3.63) is 12.4 Å². The summed E-state index contributed by atoms with van der Waals surface area (Å²) < 4.78 is 0. The number of anilines is 2. The Morgan fingerprint density at radius 1 is 1.47 bits per heavy atom. The summed E-state index contributed by atoms with van der Waals surface area (Å²) in [5, 5.41) is 3.18. The van der Waals surface area contributed by atoms with E-state index < -0.39 is 0 Å². The van der Waals surface area contributed by atoms with E-state index in [1.165, 1.54) is 0 Å². The molecule has 1 aromatic heterocycles. The number of rotatable bonds is 6. The lowest BCUT2D eigenvalue weighted by molar-refractivity contribution is 0.834. The smallest absolute Gasteiger partial charge is 0.133 e. The Hall–Kier alpha value is -0.970. The molecule has 4 nitrogen and oxygen atoms in total. The lowest BCUT2D eigenvalue weighted by Crippen LogP contribution is -2.19. The van der Waals surface area contributed by atoms with Gasteiger partial charge in [-0.3, -0.25) is 0 Å². The van der Waals surface area contributed by atoms with Gasteiger partial charge in [-0.25, -0.2) is 9.97 Å². The molecule has 1 aromatic rings. The molecule has 1 heterocycles. The first-order valence-corrected chi connectivity index (χ1v) is 5.79. The molecule has 0 unspecified atom stereocenters. The van der Waals surface area contributed by atoms with Crippen LogP contribution in [0, 0.1) is 0 Å². The molecule has 0 aliphatic rings. The average molecular weight is 226 g/mol. The first kappa shape index (κ1) is 12.1. The van der Waals surface area contributed by atoms with Crippen LogP contribution in [0.3, 0.4) is 0 Å². The minimum atomic E-state index is 0.796. The highest BCUT2D eigenvalue weighted by molar-refractivity contribution is 7.80. The fourth-order valence-corrected chi connectivity index (χ4v) is 1.40. The highest BCUT2D eigenvalue weighted by atomic mass is 32.1. The Labute approximate surface area is 96.5 Å². The minimum Gasteiger partial charge on any atom is -0.369 e. The van der Waals surface area contributed by atoms with Crippen LogP contribution in [0.25, 0.3) is 0 Å². The maximum absolute atomic E-state index is 4.22. The van der Waals surface area contributed by atoms with Gasteiger partial charge in [-0.15, -0.1) is 0 Å². The van der Waals surface area contributed by atoms with Gasteiger partial charge in [0.05, 0.1) is 0 Å². The summed E-state index contributed by atoms with van der Waals surface area (Å²) in [6.45, 7) is 3.97. The van der Waals surface area contributed by atoms with E-state index in [4.69, 9.17) is 0 Å². The number of hydrogen-bond acceptors (Lipinski definition) is 5. The van der Waals surface area contributed by atoms with Crippen LogP contribution in [0.1, 0.15) is 13.3 Å². The Balaban J connectivity index is 2.64. The van der Waals surface area contributed by atoms with E-state index in [0.717, 1.165) is 36.9 Å². The molecule has 0 saturated heterocycles. The van der Waals surface area contributed by atoms with E-state index in [-0.39, 0.29) is 0 Å². The van der Waals surface area contributed by atoms with Crippen molar-refractivity contribution in [1.82, 2.24) is 9.97 Å². The molecular weight excluding hydrogens is 208 g/mol. The van der Waals surface area contributed by atoms with Crippen LogP contribution in [0.5, 0.6) is 0 Å². The Morgan fingerprint density at radius 3 is 2.93 bits per heavy atom. The van der Waals surface area contributed by atoms with Gasteiger partial charge < -0.3 is 10.2 Å². The highest BCUT2D eigenvalue weighted by Gasteiger charge is 2.02. The lowest BCUT2D eigenvalue weighted by atomic mass is 10.4. The van der Waals surface area contributed by atoms with Gasteiger partial charge in [0, 0.05) is 32.0 Å². The Morgan fingerprint density at radius 2 is 2.27 bits per heavy atom. The van der Waals surface area contributed by atoms with Crippen LogP contribution in [0.4, 0.5) is 11.6 Å². The summed E-state index contributed by atoms with van der Waals surface area (Å²) in [4.78, 5) is 10.5. The molecular formula is C10H18N4S. The third-order valence-corrected chi connectivity index (χ3v) is 2.24. The molecule has 84 valence electrons. The summed E-state index contributed by atoms with van der Waals surface area (Å²) in [6, 6.07) is 1.96. The van der Waals surface area contributed by atoms with Crippen LogP contribution < -0.4 is 10.2 Å². The van der Waals surface area contributed by atoms with Crippen molar-refractivity contribution >= 4 is 24.3 Å². The third kappa shape index (κ3) is 3.95. The van der Waals surface area contributed by atoms with E-state index in [1.807, 2.05) is 13.1 Å². The second-order valence-electron chi connectivity index (χ2n) is 3.33. The molecule has 0 radical (unpaired) electrons. The van der Waals surface area contributed by atoms with Crippen LogP contribution in [0.2, 0.25) is 0 Å². The topological polar surface area (TPSA) is 41.0 Å². The Kier molecular flexibility index (Phi) is 5.25. The summed E-state index contributed by atoms with van der Waals surface area (Å²) in [7, 11) is 2.04. The SMILES string of the molecule is CCCN(C)c1cc(NCCS)ncn1. The van der Waals surface area contributed by atoms with Crippen molar-refractivity contribution < 1.29 is 0 Å². The molecule has 0 amide bonds. The average Bonchev–Trinajstić information content (AvgIpc) is 2.27. The van der Waals surface area contributed by atoms with Gasteiger partial charge in [0.1, 0.15) is 18.0 Å². The number of nitrogens with zero attached hydrogens (tertiary/aromatic N) is 3. The number of aromatic nitrogens is 2. The molecule has 0 bridgehead atoms. The van der Waals surface area contributed by atoms with Gasteiger partial charge in [0.15, 0.2) is 0 Å². The molecule has 0 saturated carbocycles. The van der Waals surface area contributed by atoms with Crippen molar-refractivity contribution in [1.29, 1.82) is 0 Å². The second-order valence-corrected chi connectivity index (χ2v) is 3.78. The van der Waals surface area contributed by atoms with Crippen LogP contribution in [-0.4, -0.2) is 35.9 Å². The van der Waals surface area contributed by atoms with E-state index in [1.54, 1.807) is 6.33 Å². The van der Waals surface area contributed by atoms with Gasteiger partial charge in [-0.2, -0.15) is 12.6 Å². The zero-order chi connectivity index (χ0) is 11.1. The van der Waals surface area contributed by atoms with Gasteiger partial charge in [0.25, 0.3) is 0 Å². The number of nitrogens with one attached hydrogen (secondary N) is 1. The first-order valence-electron chi connectivity index (χ1n) is 5.15. The molecule has 15 heavy (non-hydrogen) atoms. The van der Waals surface area contributed by atoms with Crippen LogP contribution in [0.15, 0.2) is 12.4 Å². The molecule has 0 aliphatic carbocycles. The number of hydrogen-bond donors (Lipinski definition) is 2. The van der Waals surface area contributed by atoms with Crippen LogP contribution in [-0.2, 0) is 0 Å². The maximum atomic E-state index is 4.22. The van der Waals surface area contributed by atoms with E-state index in [9.17, 15) is 0 Å². The van der Waals surface area contributed by atoms with Crippen molar-refractivity contribution in [3.8, 4) is 0 Å². The quantitative estimate of drug-likeness (QED) is 0.724. The predicted molar refractivity (Wildman–Crippen MR) is 67.9 cm³/mol. The van der Waals surface area contributed by atoms with E-state index in [2.05, 4.69) is 39.7 Å². The van der Waals surface area contributed by atoms with E-state index >= 15 is 0 Å². The van der Waals surface area contributed by atoms with Crippen molar-refractivity contribution in [2.75, 3.05) is 36.1 Å². The van der Waals surface area contributed by atoms with Crippen molar-refractivity contribution in [2.45, 2.75) is 13.3 Å². The zero-order valence-corrected chi connectivity index (χ0v) is 10.2. The second kappa shape index (κ2) is 6.50. The monoisotopic (exact) mass is 226 g/mol. The molecule has 0 atom stereocenters. The van der Waals surface area contributed by atoms with Gasteiger partial charge >= 0.3 is 0 Å². The normalized spacial score (nSPS) is 10.1. The Bertz CT molecular complexity index is 293. The lowest BCUT2D eigenvalue weighted by Gasteiger charge is -2.17. The van der Waals surface area contributed by atoms with Gasteiger partial charge in [-0.1, -0.05) is 6.92 Å². The molecule has 5 heteroatoms. The molecule has 0 fully saturated rings. The summed E-state index contributed by atoms with van der Waals surface area (Å²) in [5.74, 6) is 2.61. The van der Waals surface area contributed by atoms with Crippen LogP contribution >= 0.6 is 12.6 Å². The fraction of sp³-hybridized carbons (Fsp3) is 0.600. The van der Waals surface area contributed by atoms with E-state index in [0.29, 0.717) is 0 Å². The standard InChI is InChI=1S/C10H18N4S/c1-3-5-14(2)10-7-9(11-4-6-15)12-8-13-10/h7-8,15H,3-6H2,1-2H3,(H,11,12,13). The molecule has 0 spiro atoms. The first-order chi connectivity index (χ1) is 7.27. The zero-order valence-electron chi connectivity index (χ0n) is 9.27. The van der Waals surface area contributed by atoms with Gasteiger partial charge in [0.2, 0.25) is 0 Å². The largest absolute Gasteiger partial charge is 0.369 e. The van der Waals surface area contributed by atoms with Crippen molar-refractivity contribution in [2.24, 2.45) is 0 Å². The van der Waals surface area contributed by atoms with Gasteiger partial charge in [-0.05, 0) is 6.42 Å². The molecule has 1 rings (SSSR count). The van der Waals surface area contributed by atoms with Crippen molar-refractivity contribution in [3.63, 3.8) is 0 Å². The minimum absolute atomic E-state index is 0.796. The molecule has 1 N–H and O–H groups in total.